The van der Waals surface area contributed by atoms with Gasteiger partial charge in [-0.15, -0.1) is 0 Å². The van der Waals surface area contributed by atoms with E-state index in [0.29, 0.717) is 5.92 Å². The first kappa shape index (κ1) is 8.59. The number of benzene rings is 1. The number of hydrogen-bond donors (Lipinski definition) is 0. The molecule has 0 bridgehead atoms. The van der Waals surface area contributed by atoms with Crippen molar-refractivity contribution in [1.29, 1.82) is 5.26 Å². The summed E-state index contributed by atoms with van der Waals surface area (Å²) in [7, 11) is 0. The van der Waals surface area contributed by atoms with Gasteiger partial charge >= 0.3 is 0 Å². The lowest BCUT2D eigenvalue weighted by atomic mass is 10.0. The molecule has 1 saturated carbocycles. The second kappa shape index (κ2) is 2.75. The average Bonchev–Trinajstić information content (AvgIpc) is 2.81. The summed E-state index contributed by atoms with van der Waals surface area (Å²) in [6.07, 6.45) is 0.977. The zero-order valence-corrected chi connectivity index (χ0v) is 8.17. The fraction of sp³-hybridized carbons (Fsp3) is 0.364. The van der Waals surface area contributed by atoms with Crippen LogP contribution in [0.25, 0.3) is 0 Å². The molecular weight excluding hydrogens is 182 g/mol. The van der Waals surface area contributed by atoms with E-state index in [2.05, 4.69) is 6.07 Å². The summed E-state index contributed by atoms with van der Waals surface area (Å²) in [5, 5.41) is 9.63. The summed E-state index contributed by atoms with van der Waals surface area (Å²) in [5.41, 5.74) is 1.10. The van der Waals surface area contributed by atoms with Crippen LogP contribution in [0.5, 0.6) is 0 Å². The van der Waals surface area contributed by atoms with Crippen LogP contribution in [0.2, 0.25) is 5.02 Å². The van der Waals surface area contributed by atoms with E-state index in [1.807, 2.05) is 31.2 Å². The van der Waals surface area contributed by atoms with Crippen molar-refractivity contribution in [1.82, 2.24) is 0 Å². The van der Waals surface area contributed by atoms with Crippen molar-refractivity contribution >= 4 is 11.6 Å². The fourth-order valence-electron chi connectivity index (χ4n) is 1.67. The molecule has 2 atom stereocenters. The highest BCUT2D eigenvalue weighted by Crippen LogP contribution is 2.58. The Hall–Kier alpha value is -1.00. The number of nitriles is 1. The van der Waals surface area contributed by atoms with Crippen molar-refractivity contribution in [2.24, 2.45) is 5.41 Å². The minimum Gasteiger partial charge on any atom is -0.198 e. The molecule has 2 rings (SSSR count). The highest BCUT2D eigenvalue weighted by Gasteiger charge is 2.51. The molecule has 66 valence electrons. The highest BCUT2D eigenvalue weighted by molar-refractivity contribution is 6.30. The molecule has 0 spiro atoms. The predicted molar refractivity (Wildman–Crippen MR) is 52.5 cm³/mol. The van der Waals surface area contributed by atoms with Gasteiger partial charge < -0.3 is 0 Å². The Kier molecular flexibility index (Phi) is 1.82. The quantitative estimate of drug-likeness (QED) is 0.668. The van der Waals surface area contributed by atoms with Crippen LogP contribution in [-0.4, -0.2) is 0 Å². The van der Waals surface area contributed by atoms with Gasteiger partial charge in [0.1, 0.15) is 0 Å². The third-order valence-corrected chi connectivity index (χ3v) is 3.02. The summed E-state index contributed by atoms with van der Waals surface area (Å²) in [5.74, 6) is 0.412. The summed E-state index contributed by atoms with van der Waals surface area (Å²) in [6.45, 7) is 2.01. The molecule has 0 saturated heterocycles. The van der Waals surface area contributed by atoms with Gasteiger partial charge in [0.2, 0.25) is 0 Å². The molecule has 0 aliphatic heterocycles. The fourth-order valence-corrected chi connectivity index (χ4v) is 1.80. The van der Waals surface area contributed by atoms with Crippen LogP contribution in [0.3, 0.4) is 0 Å². The van der Waals surface area contributed by atoms with Crippen LogP contribution in [0, 0.1) is 16.7 Å². The Labute approximate surface area is 82.9 Å². The molecule has 0 radical (unpaired) electrons. The van der Waals surface area contributed by atoms with Gasteiger partial charge in [0, 0.05) is 10.9 Å². The van der Waals surface area contributed by atoms with Crippen molar-refractivity contribution in [3.63, 3.8) is 0 Å². The minimum absolute atomic E-state index is 0.131. The van der Waals surface area contributed by atoms with E-state index in [9.17, 15) is 0 Å². The molecule has 1 aliphatic carbocycles. The number of rotatable bonds is 1. The standard InChI is InChI=1S/C11H10ClN/c1-11(7-13)6-10(11)8-2-4-9(12)5-3-8/h2-5,10H,6H2,1H3. The second-order valence-electron chi connectivity index (χ2n) is 3.84. The molecule has 13 heavy (non-hydrogen) atoms. The Morgan fingerprint density at radius 1 is 1.46 bits per heavy atom. The van der Waals surface area contributed by atoms with Crippen LogP contribution < -0.4 is 0 Å². The van der Waals surface area contributed by atoms with E-state index in [4.69, 9.17) is 16.9 Å². The normalized spacial score (nSPS) is 31.0. The third kappa shape index (κ3) is 1.43. The van der Waals surface area contributed by atoms with Gasteiger partial charge in [-0.2, -0.15) is 5.26 Å². The van der Waals surface area contributed by atoms with E-state index < -0.39 is 0 Å². The van der Waals surface area contributed by atoms with E-state index in [0.717, 1.165) is 11.4 Å². The Morgan fingerprint density at radius 3 is 2.54 bits per heavy atom. The first-order chi connectivity index (χ1) is 6.15. The number of nitrogens with zero attached hydrogens (tertiary/aromatic N) is 1. The summed E-state index contributed by atoms with van der Waals surface area (Å²) >= 11 is 5.78. The van der Waals surface area contributed by atoms with Gasteiger partial charge in [0.25, 0.3) is 0 Å². The van der Waals surface area contributed by atoms with Crippen molar-refractivity contribution in [2.45, 2.75) is 19.3 Å². The third-order valence-electron chi connectivity index (χ3n) is 2.76. The SMILES string of the molecule is CC1(C#N)CC1c1ccc(Cl)cc1. The van der Waals surface area contributed by atoms with Crippen molar-refractivity contribution in [3.8, 4) is 6.07 Å². The Balaban J connectivity index is 2.22. The van der Waals surface area contributed by atoms with Crippen LogP contribution >= 0.6 is 11.6 Å². The number of hydrogen-bond acceptors (Lipinski definition) is 1. The van der Waals surface area contributed by atoms with Gasteiger partial charge in [-0.05, 0) is 31.0 Å². The van der Waals surface area contributed by atoms with Crippen molar-refractivity contribution in [3.05, 3.63) is 34.9 Å². The van der Waals surface area contributed by atoms with Gasteiger partial charge in [-0.3, -0.25) is 0 Å². The molecule has 0 heterocycles. The molecule has 1 aliphatic rings. The van der Waals surface area contributed by atoms with Crippen molar-refractivity contribution in [2.75, 3.05) is 0 Å². The smallest absolute Gasteiger partial charge is 0.0693 e. The van der Waals surface area contributed by atoms with E-state index in [1.165, 1.54) is 5.56 Å². The maximum absolute atomic E-state index is 8.88. The lowest BCUT2D eigenvalue weighted by Gasteiger charge is -2.00. The summed E-state index contributed by atoms with van der Waals surface area (Å²) in [4.78, 5) is 0. The van der Waals surface area contributed by atoms with Crippen LogP contribution in [-0.2, 0) is 0 Å². The van der Waals surface area contributed by atoms with Gasteiger partial charge in [-0.25, -0.2) is 0 Å². The zero-order valence-electron chi connectivity index (χ0n) is 7.42. The zero-order chi connectivity index (χ0) is 9.47. The van der Waals surface area contributed by atoms with Crippen LogP contribution in [0.15, 0.2) is 24.3 Å². The van der Waals surface area contributed by atoms with E-state index in [1.54, 1.807) is 0 Å². The lowest BCUT2D eigenvalue weighted by molar-refractivity contribution is 0.727. The molecule has 1 fully saturated rings. The largest absolute Gasteiger partial charge is 0.198 e. The maximum Gasteiger partial charge on any atom is 0.0693 e. The predicted octanol–water partition coefficient (Wildman–Crippen LogP) is 3.36. The molecule has 2 unspecified atom stereocenters. The second-order valence-corrected chi connectivity index (χ2v) is 4.27. The molecule has 0 aromatic heterocycles. The molecule has 1 nitrogen and oxygen atoms in total. The van der Waals surface area contributed by atoms with Crippen LogP contribution in [0.1, 0.15) is 24.8 Å². The molecule has 0 amide bonds. The minimum atomic E-state index is -0.131. The van der Waals surface area contributed by atoms with Crippen molar-refractivity contribution < 1.29 is 0 Å². The first-order valence-electron chi connectivity index (χ1n) is 4.32. The Morgan fingerprint density at radius 2 is 2.08 bits per heavy atom. The van der Waals surface area contributed by atoms with E-state index >= 15 is 0 Å². The summed E-state index contributed by atoms with van der Waals surface area (Å²) in [6, 6.07) is 10.1. The monoisotopic (exact) mass is 191 g/mol. The molecule has 1 aromatic rings. The molecule has 1 aromatic carbocycles. The van der Waals surface area contributed by atoms with Gasteiger partial charge in [-0.1, -0.05) is 23.7 Å². The topological polar surface area (TPSA) is 23.8 Å². The van der Waals surface area contributed by atoms with Gasteiger partial charge in [0.05, 0.1) is 11.5 Å². The average molecular weight is 192 g/mol. The molecule has 2 heteroatoms. The first-order valence-corrected chi connectivity index (χ1v) is 4.70. The highest BCUT2D eigenvalue weighted by atomic mass is 35.5. The Bertz CT molecular complexity index is 363. The van der Waals surface area contributed by atoms with Crippen LogP contribution in [0.4, 0.5) is 0 Å². The number of halogens is 1. The summed E-state index contributed by atoms with van der Waals surface area (Å²) < 4.78 is 0. The maximum atomic E-state index is 8.88. The lowest BCUT2D eigenvalue weighted by Crippen LogP contribution is -1.91. The van der Waals surface area contributed by atoms with Gasteiger partial charge in [0.15, 0.2) is 0 Å². The molecular formula is C11H10ClN. The van der Waals surface area contributed by atoms with E-state index in [-0.39, 0.29) is 5.41 Å². The molecule has 0 N–H and O–H groups in total.